The van der Waals surface area contributed by atoms with Gasteiger partial charge >= 0.3 is 0 Å². The molecule has 18 heavy (non-hydrogen) atoms. The third-order valence-electron chi connectivity index (χ3n) is 4.56. The Labute approximate surface area is 108 Å². The van der Waals surface area contributed by atoms with Crippen molar-refractivity contribution in [2.24, 2.45) is 12.8 Å². The van der Waals surface area contributed by atoms with Crippen LogP contribution in [-0.2, 0) is 13.5 Å². The van der Waals surface area contributed by atoms with Crippen molar-refractivity contribution in [2.75, 3.05) is 6.54 Å². The lowest BCUT2D eigenvalue weighted by atomic mass is 9.82. The minimum Gasteiger partial charge on any atom is -0.328 e. The van der Waals surface area contributed by atoms with Gasteiger partial charge < -0.3 is 10.3 Å². The summed E-state index contributed by atoms with van der Waals surface area (Å²) in [5.41, 5.74) is 6.15. The van der Waals surface area contributed by atoms with Crippen LogP contribution in [0.15, 0.2) is 6.33 Å². The summed E-state index contributed by atoms with van der Waals surface area (Å²) >= 11 is 0. The van der Waals surface area contributed by atoms with Crippen LogP contribution in [0.25, 0.3) is 0 Å². The van der Waals surface area contributed by atoms with E-state index in [2.05, 4.69) is 15.1 Å². The Morgan fingerprint density at radius 3 is 2.67 bits per heavy atom. The first-order valence-electron chi connectivity index (χ1n) is 7.08. The molecule has 2 fully saturated rings. The smallest absolute Gasteiger partial charge is 0.133 e. The van der Waals surface area contributed by atoms with Gasteiger partial charge in [-0.3, -0.25) is 4.90 Å². The monoisotopic (exact) mass is 249 g/mol. The van der Waals surface area contributed by atoms with E-state index in [1.165, 1.54) is 32.1 Å². The lowest BCUT2D eigenvalue weighted by molar-refractivity contribution is 0.0322. The van der Waals surface area contributed by atoms with Gasteiger partial charge in [-0.05, 0) is 25.7 Å². The van der Waals surface area contributed by atoms with E-state index in [9.17, 15) is 0 Å². The van der Waals surface area contributed by atoms with E-state index >= 15 is 0 Å². The molecule has 0 aliphatic carbocycles. The number of rotatable bonds is 3. The van der Waals surface area contributed by atoms with Gasteiger partial charge in [-0.2, -0.15) is 0 Å². The van der Waals surface area contributed by atoms with Crippen molar-refractivity contribution in [3.8, 4) is 0 Å². The van der Waals surface area contributed by atoms with E-state index in [0.717, 1.165) is 18.8 Å². The predicted octanol–water partition coefficient (Wildman–Crippen LogP) is 0.702. The van der Waals surface area contributed by atoms with E-state index in [1.807, 2.05) is 11.6 Å². The highest BCUT2D eigenvalue weighted by Gasteiger charge is 2.36. The molecule has 0 spiro atoms. The first-order valence-corrected chi connectivity index (χ1v) is 7.08. The second-order valence-electron chi connectivity index (χ2n) is 5.82. The van der Waals surface area contributed by atoms with E-state index in [1.54, 1.807) is 6.33 Å². The van der Waals surface area contributed by atoms with E-state index in [4.69, 9.17) is 5.73 Å². The van der Waals surface area contributed by atoms with Crippen molar-refractivity contribution in [1.82, 2.24) is 19.7 Å². The summed E-state index contributed by atoms with van der Waals surface area (Å²) in [6.45, 7) is 1.11. The van der Waals surface area contributed by atoms with Crippen LogP contribution in [0.5, 0.6) is 0 Å². The Kier molecular flexibility index (Phi) is 3.35. The van der Waals surface area contributed by atoms with Gasteiger partial charge in [-0.15, -0.1) is 10.2 Å². The molecule has 1 aromatic heterocycles. The Morgan fingerprint density at radius 1 is 1.33 bits per heavy atom. The SMILES string of the molecule is Cn1cnnc1CCN1C2CCCC1CC(N)C2. The highest BCUT2D eigenvalue weighted by Crippen LogP contribution is 2.33. The number of piperidine rings is 2. The van der Waals surface area contributed by atoms with Gasteiger partial charge in [-0.25, -0.2) is 0 Å². The van der Waals surface area contributed by atoms with Crippen molar-refractivity contribution in [3.05, 3.63) is 12.2 Å². The predicted molar refractivity (Wildman–Crippen MR) is 70.0 cm³/mol. The van der Waals surface area contributed by atoms with Gasteiger partial charge in [0.1, 0.15) is 12.2 Å². The number of aromatic nitrogens is 3. The second kappa shape index (κ2) is 4.97. The first kappa shape index (κ1) is 12.1. The minimum absolute atomic E-state index is 0.423. The lowest BCUT2D eigenvalue weighted by Crippen LogP contribution is -2.55. The molecule has 3 rings (SSSR count). The van der Waals surface area contributed by atoms with Gasteiger partial charge in [0.2, 0.25) is 0 Å². The molecule has 0 saturated carbocycles. The Bertz CT molecular complexity index is 388. The van der Waals surface area contributed by atoms with Crippen LogP contribution in [-0.4, -0.2) is 44.3 Å². The fourth-order valence-corrected chi connectivity index (χ4v) is 3.65. The molecular weight excluding hydrogens is 226 g/mol. The molecule has 2 N–H and O–H groups in total. The maximum absolute atomic E-state index is 6.15. The zero-order valence-corrected chi connectivity index (χ0v) is 11.1. The minimum atomic E-state index is 0.423. The maximum Gasteiger partial charge on any atom is 0.133 e. The zero-order chi connectivity index (χ0) is 12.5. The highest BCUT2D eigenvalue weighted by atomic mass is 15.3. The Morgan fingerprint density at radius 2 is 2.06 bits per heavy atom. The summed E-state index contributed by atoms with van der Waals surface area (Å²) in [4.78, 5) is 2.68. The summed E-state index contributed by atoms with van der Waals surface area (Å²) in [5, 5.41) is 8.11. The van der Waals surface area contributed by atoms with Crippen LogP contribution in [0, 0.1) is 0 Å². The fraction of sp³-hybridized carbons (Fsp3) is 0.846. The van der Waals surface area contributed by atoms with Crippen LogP contribution in [0.3, 0.4) is 0 Å². The van der Waals surface area contributed by atoms with Crippen molar-refractivity contribution in [3.63, 3.8) is 0 Å². The van der Waals surface area contributed by atoms with Gasteiger partial charge in [-0.1, -0.05) is 6.42 Å². The molecule has 100 valence electrons. The van der Waals surface area contributed by atoms with Crippen molar-refractivity contribution in [1.29, 1.82) is 0 Å². The molecule has 2 unspecified atom stereocenters. The number of aryl methyl sites for hydroxylation is 1. The first-order chi connectivity index (χ1) is 8.74. The molecule has 2 atom stereocenters. The molecule has 2 aliphatic rings. The number of fused-ring (bicyclic) bond motifs is 2. The van der Waals surface area contributed by atoms with E-state index < -0.39 is 0 Å². The maximum atomic E-state index is 6.15. The van der Waals surface area contributed by atoms with Crippen molar-refractivity contribution >= 4 is 0 Å². The quantitative estimate of drug-likeness (QED) is 0.857. The van der Waals surface area contributed by atoms with Gasteiger partial charge in [0.15, 0.2) is 0 Å². The molecule has 5 nitrogen and oxygen atoms in total. The molecule has 3 heterocycles. The van der Waals surface area contributed by atoms with Crippen molar-refractivity contribution in [2.45, 2.75) is 56.7 Å². The van der Waals surface area contributed by atoms with Crippen LogP contribution >= 0.6 is 0 Å². The molecule has 2 aliphatic heterocycles. The van der Waals surface area contributed by atoms with Crippen LogP contribution < -0.4 is 5.73 Å². The largest absolute Gasteiger partial charge is 0.328 e. The number of hydrogen-bond donors (Lipinski definition) is 1. The zero-order valence-electron chi connectivity index (χ0n) is 11.1. The van der Waals surface area contributed by atoms with E-state index in [0.29, 0.717) is 18.1 Å². The summed E-state index contributed by atoms with van der Waals surface area (Å²) < 4.78 is 2.02. The summed E-state index contributed by atoms with van der Waals surface area (Å²) in [5.74, 6) is 1.09. The molecule has 5 heteroatoms. The summed E-state index contributed by atoms with van der Waals surface area (Å²) in [6.07, 6.45) is 9.15. The normalized spacial score (nSPS) is 32.7. The molecular formula is C13H23N5. The van der Waals surface area contributed by atoms with Gasteiger partial charge in [0.25, 0.3) is 0 Å². The molecule has 2 bridgehead atoms. The van der Waals surface area contributed by atoms with E-state index in [-0.39, 0.29) is 0 Å². The van der Waals surface area contributed by atoms with Crippen molar-refractivity contribution < 1.29 is 0 Å². The number of nitrogens with zero attached hydrogens (tertiary/aromatic N) is 4. The van der Waals surface area contributed by atoms with Crippen LogP contribution in [0.2, 0.25) is 0 Å². The molecule has 0 aromatic carbocycles. The number of hydrogen-bond acceptors (Lipinski definition) is 4. The standard InChI is InChI=1S/C13H23N5/c1-17-9-15-16-13(17)5-6-18-11-3-2-4-12(18)8-10(14)7-11/h9-12H,2-8,14H2,1H3. The second-order valence-corrected chi connectivity index (χ2v) is 5.82. The average molecular weight is 249 g/mol. The molecule has 2 saturated heterocycles. The average Bonchev–Trinajstić information content (AvgIpc) is 2.72. The molecule has 0 amide bonds. The molecule has 0 radical (unpaired) electrons. The third-order valence-corrected chi connectivity index (χ3v) is 4.56. The summed E-state index contributed by atoms with van der Waals surface area (Å²) in [7, 11) is 2.02. The van der Waals surface area contributed by atoms with Crippen LogP contribution in [0.4, 0.5) is 0 Å². The highest BCUT2D eigenvalue weighted by molar-refractivity contribution is 4.95. The molecule has 1 aromatic rings. The topological polar surface area (TPSA) is 60.0 Å². The fourth-order valence-electron chi connectivity index (χ4n) is 3.65. The Hall–Kier alpha value is -0.940. The van der Waals surface area contributed by atoms with Gasteiger partial charge in [0.05, 0.1) is 0 Å². The lowest BCUT2D eigenvalue weighted by Gasteiger charge is -2.48. The van der Waals surface area contributed by atoms with Gasteiger partial charge in [0, 0.05) is 38.1 Å². The van der Waals surface area contributed by atoms with Crippen LogP contribution in [0.1, 0.15) is 37.9 Å². The number of nitrogens with two attached hydrogens (primary N) is 1. The third kappa shape index (κ3) is 2.29. The Balaban J connectivity index is 1.63. The summed E-state index contributed by atoms with van der Waals surface area (Å²) in [6, 6.07) is 1.84.